The lowest BCUT2D eigenvalue weighted by Crippen LogP contribution is -2.19. The molecule has 18 heavy (non-hydrogen) atoms. The Labute approximate surface area is 109 Å². The molecular formula is C15H22O3. The third kappa shape index (κ3) is 3.49. The number of aryl methyl sites for hydroxylation is 1. The molecule has 0 spiro atoms. The van der Waals surface area contributed by atoms with Crippen molar-refractivity contribution in [1.82, 2.24) is 0 Å². The summed E-state index contributed by atoms with van der Waals surface area (Å²) >= 11 is 0. The first kappa shape index (κ1) is 14.6. The first-order valence-corrected chi connectivity index (χ1v) is 6.43. The van der Waals surface area contributed by atoms with Crippen LogP contribution < -0.4 is 4.74 Å². The number of carbonyl (C=O) groups is 1. The van der Waals surface area contributed by atoms with Crippen LogP contribution in [0.2, 0.25) is 0 Å². The van der Waals surface area contributed by atoms with Crippen molar-refractivity contribution in [1.29, 1.82) is 0 Å². The molecule has 0 aromatic heterocycles. The summed E-state index contributed by atoms with van der Waals surface area (Å²) < 4.78 is 10.5. The molecule has 0 aliphatic heterocycles. The molecule has 0 saturated carbocycles. The predicted molar refractivity (Wildman–Crippen MR) is 71.8 cm³/mol. The Morgan fingerprint density at radius 1 is 1.33 bits per heavy atom. The van der Waals surface area contributed by atoms with Crippen LogP contribution in [0.5, 0.6) is 5.75 Å². The predicted octanol–water partition coefficient (Wildman–Crippen LogP) is 3.14. The molecule has 1 atom stereocenters. The maximum Gasteiger partial charge on any atom is 0.309 e. The van der Waals surface area contributed by atoms with E-state index in [9.17, 15) is 4.79 Å². The molecule has 3 nitrogen and oxygen atoms in total. The number of ether oxygens (including phenoxy) is 2. The van der Waals surface area contributed by atoms with E-state index in [0.29, 0.717) is 13.0 Å². The molecule has 0 heterocycles. The Hall–Kier alpha value is -1.51. The van der Waals surface area contributed by atoms with E-state index < -0.39 is 0 Å². The second-order valence-electron chi connectivity index (χ2n) is 4.33. The van der Waals surface area contributed by atoms with Crippen LogP contribution in [-0.4, -0.2) is 19.7 Å². The van der Waals surface area contributed by atoms with E-state index in [4.69, 9.17) is 9.47 Å². The van der Waals surface area contributed by atoms with Gasteiger partial charge in [0.1, 0.15) is 5.75 Å². The lowest BCUT2D eigenvalue weighted by molar-refractivity contribution is -0.148. The topological polar surface area (TPSA) is 35.5 Å². The van der Waals surface area contributed by atoms with Crippen LogP contribution in [0.3, 0.4) is 0 Å². The average molecular weight is 250 g/mol. The Bertz CT molecular complexity index is 399. The van der Waals surface area contributed by atoms with Crippen molar-refractivity contribution in [3.05, 3.63) is 29.3 Å². The van der Waals surface area contributed by atoms with Gasteiger partial charge in [0, 0.05) is 0 Å². The summed E-state index contributed by atoms with van der Waals surface area (Å²) in [6.45, 7) is 6.27. The Morgan fingerprint density at radius 3 is 2.61 bits per heavy atom. The SMILES string of the molecule is CCOC(=O)C(CC)Cc1cccc(C)c1OC. The lowest BCUT2D eigenvalue weighted by Gasteiger charge is -2.16. The molecular weight excluding hydrogens is 228 g/mol. The van der Waals surface area contributed by atoms with E-state index in [1.165, 1.54) is 0 Å². The van der Waals surface area contributed by atoms with Crippen LogP contribution >= 0.6 is 0 Å². The van der Waals surface area contributed by atoms with Gasteiger partial charge in [-0.15, -0.1) is 0 Å². The minimum Gasteiger partial charge on any atom is -0.496 e. The monoisotopic (exact) mass is 250 g/mol. The van der Waals surface area contributed by atoms with Gasteiger partial charge in [-0.1, -0.05) is 25.1 Å². The van der Waals surface area contributed by atoms with Gasteiger partial charge in [0.25, 0.3) is 0 Å². The molecule has 1 aromatic rings. The Morgan fingerprint density at radius 2 is 2.06 bits per heavy atom. The first-order chi connectivity index (χ1) is 8.63. The summed E-state index contributed by atoms with van der Waals surface area (Å²) in [5.41, 5.74) is 2.16. The first-order valence-electron chi connectivity index (χ1n) is 6.43. The van der Waals surface area contributed by atoms with Crippen molar-refractivity contribution < 1.29 is 14.3 Å². The van der Waals surface area contributed by atoms with E-state index in [1.807, 2.05) is 39.0 Å². The van der Waals surface area contributed by atoms with Crippen molar-refractivity contribution in [3.63, 3.8) is 0 Å². The molecule has 1 rings (SSSR count). The van der Waals surface area contributed by atoms with Gasteiger partial charge in [-0.25, -0.2) is 0 Å². The van der Waals surface area contributed by atoms with Gasteiger partial charge in [-0.05, 0) is 37.8 Å². The smallest absolute Gasteiger partial charge is 0.309 e. The van der Waals surface area contributed by atoms with Gasteiger partial charge in [-0.3, -0.25) is 4.79 Å². The third-order valence-corrected chi connectivity index (χ3v) is 3.08. The summed E-state index contributed by atoms with van der Waals surface area (Å²) in [4.78, 5) is 11.8. The van der Waals surface area contributed by atoms with E-state index >= 15 is 0 Å². The molecule has 0 aliphatic rings. The minimum absolute atomic E-state index is 0.0966. The van der Waals surface area contributed by atoms with Gasteiger partial charge < -0.3 is 9.47 Å². The highest BCUT2D eigenvalue weighted by molar-refractivity contribution is 5.73. The molecule has 0 radical (unpaired) electrons. The van der Waals surface area contributed by atoms with Crippen molar-refractivity contribution in [2.75, 3.05) is 13.7 Å². The summed E-state index contributed by atoms with van der Waals surface area (Å²) in [5, 5.41) is 0. The molecule has 0 aliphatic carbocycles. The highest BCUT2D eigenvalue weighted by atomic mass is 16.5. The fraction of sp³-hybridized carbons (Fsp3) is 0.533. The summed E-state index contributed by atoms with van der Waals surface area (Å²) in [7, 11) is 1.66. The van der Waals surface area contributed by atoms with E-state index in [2.05, 4.69) is 0 Å². The van der Waals surface area contributed by atoms with Gasteiger partial charge in [0.2, 0.25) is 0 Å². The van der Waals surface area contributed by atoms with Gasteiger partial charge in [-0.2, -0.15) is 0 Å². The summed E-state index contributed by atoms with van der Waals surface area (Å²) in [5.74, 6) is 0.657. The highest BCUT2D eigenvalue weighted by Crippen LogP contribution is 2.26. The molecule has 1 unspecified atom stereocenters. The van der Waals surface area contributed by atoms with Gasteiger partial charge >= 0.3 is 5.97 Å². The number of esters is 1. The van der Waals surface area contributed by atoms with E-state index in [-0.39, 0.29) is 11.9 Å². The van der Waals surface area contributed by atoms with Crippen molar-refractivity contribution in [2.24, 2.45) is 5.92 Å². The third-order valence-electron chi connectivity index (χ3n) is 3.08. The maximum atomic E-state index is 11.8. The second-order valence-corrected chi connectivity index (χ2v) is 4.33. The molecule has 0 bridgehead atoms. The molecule has 0 N–H and O–H groups in total. The average Bonchev–Trinajstić information content (AvgIpc) is 2.36. The molecule has 0 amide bonds. The zero-order valence-corrected chi connectivity index (χ0v) is 11.7. The standard InChI is InChI=1S/C15H22O3/c1-5-12(15(16)18-6-2)10-13-9-7-8-11(3)14(13)17-4/h7-9,12H,5-6,10H2,1-4H3. The number of hydrogen-bond donors (Lipinski definition) is 0. The quantitative estimate of drug-likeness (QED) is 0.728. The van der Waals surface area contributed by atoms with Gasteiger partial charge in [0.15, 0.2) is 0 Å². The fourth-order valence-electron chi connectivity index (χ4n) is 2.09. The number of hydrogen-bond acceptors (Lipinski definition) is 3. The van der Waals surface area contributed by atoms with Crippen LogP contribution in [-0.2, 0) is 16.0 Å². The van der Waals surface area contributed by atoms with Crippen molar-refractivity contribution in [2.45, 2.75) is 33.6 Å². The van der Waals surface area contributed by atoms with Crippen LogP contribution in [0.4, 0.5) is 0 Å². The molecule has 3 heteroatoms. The highest BCUT2D eigenvalue weighted by Gasteiger charge is 2.20. The van der Waals surface area contributed by atoms with E-state index in [1.54, 1.807) is 7.11 Å². The van der Waals surface area contributed by atoms with Crippen LogP contribution in [0.25, 0.3) is 0 Å². The Balaban J connectivity index is 2.88. The molecule has 0 saturated heterocycles. The minimum atomic E-state index is -0.122. The lowest BCUT2D eigenvalue weighted by atomic mass is 9.95. The number of para-hydroxylation sites is 1. The molecule has 1 aromatic carbocycles. The fourth-order valence-corrected chi connectivity index (χ4v) is 2.09. The second kappa shape index (κ2) is 7.04. The molecule has 0 fully saturated rings. The normalized spacial score (nSPS) is 12.0. The summed E-state index contributed by atoms with van der Waals surface area (Å²) in [6.07, 6.45) is 1.44. The van der Waals surface area contributed by atoms with Crippen LogP contribution in [0.15, 0.2) is 18.2 Å². The Kier molecular flexibility index (Phi) is 5.69. The number of benzene rings is 1. The van der Waals surface area contributed by atoms with Gasteiger partial charge in [0.05, 0.1) is 19.6 Å². The van der Waals surface area contributed by atoms with Crippen LogP contribution in [0.1, 0.15) is 31.4 Å². The zero-order valence-electron chi connectivity index (χ0n) is 11.7. The maximum absolute atomic E-state index is 11.8. The zero-order chi connectivity index (χ0) is 13.5. The number of methoxy groups -OCH3 is 1. The number of carbonyl (C=O) groups excluding carboxylic acids is 1. The van der Waals surface area contributed by atoms with Crippen LogP contribution in [0, 0.1) is 12.8 Å². The molecule has 100 valence electrons. The number of rotatable bonds is 6. The summed E-state index contributed by atoms with van der Waals surface area (Å²) in [6, 6.07) is 6.01. The van der Waals surface area contributed by atoms with Crippen molar-refractivity contribution >= 4 is 5.97 Å². The van der Waals surface area contributed by atoms with Crippen molar-refractivity contribution in [3.8, 4) is 5.75 Å². The largest absolute Gasteiger partial charge is 0.496 e. The van der Waals surface area contributed by atoms with E-state index in [0.717, 1.165) is 23.3 Å².